The van der Waals surface area contributed by atoms with Gasteiger partial charge in [-0.3, -0.25) is 14.9 Å². The van der Waals surface area contributed by atoms with Gasteiger partial charge in [0.05, 0.1) is 22.9 Å². The van der Waals surface area contributed by atoms with Gasteiger partial charge in [0.15, 0.2) is 17.4 Å². The highest BCUT2D eigenvalue weighted by atomic mass is 35.5. The Hall–Kier alpha value is -2.81. The molecule has 1 heterocycles. The molecule has 2 aromatic rings. The maximum atomic E-state index is 13.1. The Labute approximate surface area is 126 Å². The van der Waals surface area contributed by atoms with E-state index in [0.717, 1.165) is 12.3 Å². The number of carbonyl (C=O) groups is 1. The molecule has 7 nitrogen and oxygen atoms in total. The lowest BCUT2D eigenvalue weighted by atomic mass is 10.2. The zero-order valence-corrected chi connectivity index (χ0v) is 11.3. The number of nitro groups is 1. The van der Waals surface area contributed by atoms with E-state index in [1.165, 1.54) is 6.07 Å². The monoisotopic (exact) mass is 329 g/mol. The van der Waals surface area contributed by atoms with Crippen LogP contribution in [0.5, 0.6) is 0 Å². The largest absolute Gasteiger partial charge is 0.433 e. The van der Waals surface area contributed by atoms with Gasteiger partial charge in [0, 0.05) is 0 Å². The van der Waals surface area contributed by atoms with E-state index >= 15 is 0 Å². The first kappa shape index (κ1) is 15.6. The van der Waals surface area contributed by atoms with Crippen molar-refractivity contribution in [1.82, 2.24) is 5.43 Å². The summed E-state index contributed by atoms with van der Waals surface area (Å²) < 4.78 is 30.7. The first-order valence-electron chi connectivity index (χ1n) is 5.60. The first-order valence-corrected chi connectivity index (χ1v) is 5.98. The summed E-state index contributed by atoms with van der Waals surface area (Å²) in [7, 11) is 0. The van der Waals surface area contributed by atoms with Crippen molar-refractivity contribution < 1.29 is 22.9 Å². The predicted molar refractivity (Wildman–Crippen MR) is 71.8 cm³/mol. The van der Waals surface area contributed by atoms with Crippen molar-refractivity contribution >= 4 is 29.6 Å². The number of amides is 1. The highest BCUT2D eigenvalue weighted by molar-refractivity contribution is 6.33. The number of hydrazone groups is 1. The molecule has 0 spiro atoms. The fourth-order valence-electron chi connectivity index (χ4n) is 1.42. The number of rotatable bonds is 4. The summed E-state index contributed by atoms with van der Waals surface area (Å²) in [4.78, 5) is 21.4. The second-order valence-corrected chi connectivity index (χ2v) is 4.29. The second kappa shape index (κ2) is 6.31. The molecule has 0 aliphatic heterocycles. The molecule has 0 aliphatic carbocycles. The molecule has 0 unspecified atom stereocenters. The van der Waals surface area contributed by atoms with Crippen molar-refractivity contribution in [1.29, 1.82) is 0 Å². The Balaban J connectivity index is 2.07. The van der Waals surface area contributed by atoms with Crippen molar-refractivity contribution in [3.05, 3.63) is 62.4 Å². The van der Waals surface area contributed by atoms with Crippen LogP contribution in [0.25, 0.3) is 0 Å². The summed E-state index contributed by atoms with van der Waals surface area (Å²) in [5.41, 5.74) is 1.68. The Morgan fingerprint density at radius 1 is 1.36 bits per heavy atom. The van der Waals surface area contributed by atoms with Gasteiger partial charge in [-0.05, 0) is 18.2 Å². The second-order valence-electron chi connectivity index (χ2n) is 3.88. The van der Waals surface area contributed by atoms with Gasteiger partial charge in [0.2, 0.25) is 0 Å². The molecule has 1 aromatic carbocycles. The smallest absolute Gasteiger partial charge is 0.400 e. The Kier molecular flexibility index (Phi) is 4.47. The summed E-state index contributed by atoms with van der Waals surface area (Å²) in [6.45, 7) is 0. The van der Waals surface area contributed by atoms with Crippen molar-refractivity contribution in [3.8, 4) is 0 Å². The average molecular weight is 330 g/mol. The topological polar surface area (TPSA) is 97.7 Å². The SMILES string of the molecule is O=C(N/N=C\c1ccc([N+](=O)[O-])o1)c1cc(F)c(F)cc1Cl. The van der Waals surface area contributed by atoms with Crippen LogP contribution >= 0.6 is 11.6 Å². The van der Waals surface area contributed by atoms with Crippen LogP contribution in [0.4, 0.5) is 14.7 Å². The molecular formula is C12H6ClF2N3O4. The summed E-state index contributed by atoms with van der Waals surface area (Å²) in [5.74, 6) is -3.78. The molecule has 0 bridgehead atoms. The van der Waals surface area contributed by atoms with Gasteiger partial charge in [-0.1, -0.05) is 11.6 Å². The van der Waals surface area contributed by atoms with Gasteiger partial charge in [-0.15, -0.1) is 0 Å². The number of carbonyl (C=O) groups excluding carboxylic acids is 1. The van der Waals surface area contributed by atoms with Crippen molar-refractivity contribution in [2.75, 3.05) is 0 Å². The van der Waals surface area contributed by atoms with E-state index in [2.05, 4.69) is 5.10 Å². The molecule has 114 valence electrons. The zero-order chi connectivity index (χ0) is 16.3. The standard InChI is InChI=1S/C12H6ClF2N3O4/c13-8-4-10(15)9(14)3-7(8)12(19)17-16-5-6-1-2-11(22-6)18(20)21/h1-5H,(H,17,19)/b16-5-. The van der Waals surface area contributed by atoms with Gasteiger partial charge in [0.25, 0.3) is 5.91 Å². The van der Waals surface area contributed by atoms with Gasteiger partial charge >= 0.3 is 5.88 Å². The zero-order valence-electron chi connectivity index (χ0n) is 10.5. The minimum atomic E-state index is -1.24. The molecule has 1 amide bonds. The molecule has 0 aliphatic rings. The molecule has 0 saturated heterocycles. The molecular weight excluding hydrogens is 324 g/mol. The van der Waals surface area contributed by atoms with Crippen LogP contribution in [0.15, 0.2) is 33.8 Å². The van der Waals surface area contributed by atoms with Crippen LogP contribution in [0.1, 0.15) is 16.1 Å². The molecule has 1 aromatic heterocycles. The van der Waals surface area contributed by atoms with E-state index < -0.39 is 28.3 Å². The minimum Gasteiger partial charge on any atom is -0.400 e. The van der Waals surface area contributed by atoms with Crippen LogP contribution in [-0.2, 0) is 0 Å². The molecule has 0 atom stereocenters. The van der Waals surface area contributed by atoms with E-state index in [-0.39, 0.29) is 16.3 Å². The third-order valence-corrected chi connectivity index (χ3v) is 2.72. The average Bonchev–Trinajstić information content (AvgIpc) is 2.91. The summed E-state index contributed by atoms with van der Waals surface area (Å²) in [6.07, 6.45) is 0.999. The van der Waals surface area contributed by atoms with E-state index in [4.69, 9.17) is 16.0 Å². The van der Waals surface area contributed by atoms with Gasteiger partial charge < -0.3 is 4.42 Å². The summed E-state index contributed by atoms with van der Waals surface area (Å²) in [6, 6.07) is 3.65. The van der Waals surface area contributed by atoms with Crippen molar-refractivity contribution in [2.24, 2.45) is 5.10 Å². The Morgan fingerprint density at radius 2 is 2.05 bits per heavy atom. The minimum absolute atomic E-state index is 0.0170. The van der Waals surface area contributed by atoms with Crippen LogP contribution in [0, 0.1) is 21.7 Å². The lowest BCUT2D eigenvalue weighted by Gasteiger charge is -2.03. The number of nitrogens with zero attached hydrogens (tertiary/aromatic N) is 2. The number of nitrogens with one attached hydrogen (secondary N) is 1. The van der Waals surface area contributed by atoms with Crippen LogP contribution in [0.3, 0.4) is 0 Å². The third-order valence-electron chi connectivity index (χ3n) is 2.41. The maximum Gasteiger partial charge on any atom is 0.433 e. The number of hydrogen-bond donors (Lipinski definition) is 1. The number of benzene rings is 1. The summed E-state index contributed by atoms with van der Waals surface area (Å²) in [5, 5.41) is 13.6. The Bertz CT molecular complexity index is 776. The number of furan rings is 1. The lowest BCUT2D eigenvalue weighted by Crippen LogP contribution is -2.18. The van der Waals surface area contributed by atoms with Crippen molar-refractivity contribution in [3.63, 3.8) is 0 Å². The first-order chi connectivity index (χ1) is 10.4. The maximum absolute atomic E-state index is 13.1. The normalized spacial score (nSPS) is 10.9. The van der Waals surface area contributed by atoms with E-state index in [9.17, 15) is 23.7 Å². The quantitative estimate of drug-likeness (QED) is 0.403. The predicted octanol–water partition coefficient (Wildman–Crippen LogP) is 2.88. The Morgan fingerprint density at radius 3 is 2.68 bits per heavy atom. The van der Waals surface area contributed by atoms with Gasteiger partial charge in [0.1, 0.15) is 4.92 Å². The van der Waals surface area contributed by atoms with E-state index in [1.807, 2.05) is 5.43 Å². The molecule has 22 heavy (non-hydrogen) atoms. The number of hydrogen-bond acceptors (Lipinski definition) is 5. The highest BCUT2D eigenvalue weighted by Crippen LogP contribution is 2.20. The fraction of sp³-hybridized carbons (Fsp3) is 0. The number of halogens is 3. The molecule has 1 N–H and O–H groups in total. The third kappa shape index (κ3) is 3.44. The van der Waals surface area contributed by atoms with Crippen LogP contribution in [-0.4, -0.2) is 17.0 Å². The van der Waals surface area contributed by atoms with Gasteiger partial charge in [-0.25, -0.2) is 14.2 Å². The molecule has 0 saturated carbocycles. The van der Waals surface area contributed by atoms with Gasteiger partial charge in [-0.2, -0.15) is 5.10 Å². The molecule has 10 heteroatoms. The van der Waals surface area contributed by atoms with E-state index in [1.54, 1.807) is 0 Å². The fourth-order valence-corrected chi connectivity index (χ4v) is 1.66. The van der Waals surface area contributed by atoms with Crippen molar-refractivity contribution in [2.45, 2.75) is 0 Å². The van der Waals surface area contributed by atoms with Crippen LogP contribution in [0.2, 0.25) is 5.02 Å². The summed E-state index contributed by atoms with van der Waals surface area (Å²) >= 11 is 5.62. The molecule has 2 rings (SSSR count). The molecule has 0 radical (unpaired) electrons. The van der Waals surface area contributed by atoms with E-state index in [0.29, 0.717) is 12.1 Å². The molecule has 0 fully saturated rings. The lowest BCUT2D eigenvalue weighted by molar-refractivity contribution is -0.402. The van der Waals surface area contributed by atoms with Crippen LogP contribution < -0.4 is 5.43 Å². The highest BCUT2D eigenvalue weighted by Gasteiger charge is 2.15.